The van der Waals surface area contributed by atoms with Crippen molar-refractivity contribution in [2.24, 2.45) is 17.8 Å². The van der Waals surface area contributed by atoms with Gasteiger partial charge in [-0.3, -0.25) is 0 Å². The van der Waals surface area contributed by atoms with E-state index in [1.165, 1.54) is 38.5 Å². The number of hydrogen-bond donors (Lipinski definition) is 0. The Kier molecular flexibility index (Phi) is 10.00. The summed E-state index contributed by atoms with van der Waals surface area (Å²) in [5, 5.41) is 1.16. The predicted octanol–water partition coefficient (Wildman–Crippen LogP) is 5.65. The summed E-state index contributed by atoms with van der Waals surface area (Å²) in [5.41, 5.74) is 0. The smallest absolute Gasteiger partial charge is 0.00570 e. The van der Waals surface area contributed by atoms with Crippen LogP contribution >= 0.6 is 15.9 Å². The van der Waals surface area contributed by atoms with Crippen LogP contribution in [0.25, 0.3) is 0 Å². The molecule has 0 aromatic heterocycles. The Labute approximate surface area is 105 Å². The van der Waals surface area contributed by atoms with Crippen molar-refractivity contribution in [3.63, 3.8) is 0 Å². The van der Waals surface area contributed by atoms with Gasteiger partial charge in [0.2, 0.25) is 0 Å². The van der Waals surface area contributed by atoms with E-state index in [0.29, 0.717) is 0 Å². The molecule has 0 bridgehead atoms. The molecule has 2 atom stereocenters. The lowest BCUT2D eigenvalue weighted by atomic mass is 9.94. The molecule has 2 unspecified atom stereocenters. The Morgan fingerprint density at radius 2 is 1.20 bits per heavy atom. The third-order valence-electron chi connectivity index (χ3n) is 3.14. The van der Waals surface area contributed by atoms with Crippen LogP contribution in [-0.2, 0) is 0 Å². The van der Waals surface area contributed by atoms with E-state index < -0.39 is 0 Å². The SMILES string of the molecule is CC(C)CCCC(C)CCCC(C)CBr. The number of hydrogen-bond acceptors (Lipinski definition) is 0. The molecule has 0 N–H and O–H groups in total. The first-order chi connectivity index (χ1) is 7.06. The minimum atomic E-state index is 0.855. The van der Waals surface area contributed by atoms with E-state index >= 15 is 0 Å². The summed E-state index contributed by atoms with van der Waals surface area (Å²) < 4.78 is 0. The summed E-state index contributed by atoms with van der Waals surface area (Å²) >= 11 is 3.54. The molecule has 0 heterocycles. The monoisotopic (exact) mass is 276 g/mol. The molecule has 15 heavy (non-hydrogen) atoms. The van der Waals surface area contributed by atoms with Crippen molar-refractivity contribution >= 4 is 15.9 Å². The Balaban J connectivity index is 3.29. The maximum absolute atomic E-state index is 3.54. The topological polar surface area (TPSA) is 0 Å². The molecule has 92 valence electrons. The van der Waals surface area contributed by atoms with Crippen molar-refractivity contribution in [2.45, 2.75) is 66.2 Å². The minimum absolute atomic E-state index is 0.855. The fourth-order valence-electron chi connectivity index (χ4n) is 1.91. The first-order valence-electron chi connectivity index (χ1n) is 6.62. The van der Waals surface area contributed by atoms with Crippen LogP contribution < -0.4 is 0 Å². The standard InChI is InChI=1S/C14H29Br/c1-12(2)7-5-8-13(3)9-6-10-14(4)11-15/h12-14H,5-11H2,1-4H3. The van der Waals surface area contributed by atoms with Crippen LogP contribution in [0.1, 0.15) is 66.2 Å². The zero-order chi connectivity index (χ0) is 11.7. The number of alkyl halides is 1. The third kappa shape index (κ3) is 10.8. The van der Waals surface area contributed by atoms with Crippen LogP contribution in [0.2, 0.25) is 0 Å². The molecule has 0 aromatic rings. The summed E-state index contributed by atoms with van der Waals surface area (Å²) in [6, 6.07) is 0. The second-order valence-corrected chi connectivity index (χ2v) is 6.27. The Morgan fingerprint density at radius 3 is 1.67 bits per heavy atom. The summed E-state index contributed by atoms with van der Waals surface area (Å²) in [5.74, 6) is 2.67. The molecule has 0 aromatic carbocycles. The van der Waals surface area contributed by atoms with Crippen molar-refractivity contribution in [1.82, 2.24) is 0 Å². The van der Waals surface area contributed by atoms with Crippen LogP contribution in [0.15, 0.2) is 0 Å². The van der Waals surface area contributed by atoms with Gasteiger partial charge >= 0.3 is 0 Å². The van der Waals surface area contributed by atoms with E-state index in [0.717, 1.165) is 23.1 Å². The highest BCUT2D eigenvalue weighted by molar-refractivity contribution is 9.09. The fraction of sp³-hybridized carbons (Fsp3) is 1.00. The van der Waals surface area contributed by atoms with Gasteiger partial charge in [0, 0.05) is 5.33 Å². The number of halogens is 1. The van der Waals surface area contributed by atoms with Crippen molar-refractivity contribution in [2.75, 3.05) is 5.33 Å². The highest BCUT2D eigenvalue weighted by atomic mass is 79.9. The van der Waals surface area contributed by atoms with Crippen molar-refractivity contribution in [1.29, 1.82) is 0 Å². The summed E-state index contributed by atoms with van der Waals surface area (Å²) in [4.78, 5) is 0. The molecule has 0 aliphatic heterocycles. The predicted molar refractivity (Wildman–Crippen MR) is 74.7 cm³/mol. The van der Waals surface area contributed by atoms with Gasteiger partial charge in [-0.2, -0.15) is 0 Å². The van der Waals surface area contributed by atoms with Crippen LogP contribution in [0.4, 0.5) is 0 Å². The second kappa shape index (κ2) is 9.69. The molecule has 0 nitrogen and oxygen atoms in total. The Bertz CT molecular complexity index is 131. The van der Waals surface area contributed by atoms with Gasteiger partial charge in [0.25, 0.3) is 0 Å². The van der Waals surface area contributed by atoms with E-state index in [1.807, 2.05) is 0 Å². The fourth-order valence-corrected chi connectivity index (χ4v) is 2.23. The van der Waals surface area contributed by atoms with Crippen molar-refractivity contribution < 1.29 is 0 Å². The molecule has 0 amide bonds. The lowest BCUT2D eigenvalue weighted by molar-refractivity contribution is 0.409. The van der Waals surface area contributed by atoms with Crippen LogP contribution in [-0.4, -0.2) is 5.33 Å². The Hall–Kier alpha value is 0.480. The van der Waals surface area contributed by atoms with E-state index in [9.17, 15) is 0 Å². The molecule has 1 heteroatoms. The number of rotatable bonds is 9. The van der Waals surface area contributed by atoms with Gasteiger partial charge in [-0.25, -0.2) is 0 Å². The minimum Gasteiger partial charge on any atom is -0.0925 e. The van der Waals surface area contributed by atoms with E-state index in [4.69, 9.17) is 0 Å². The molecule has 0 aliphatic rings. The van der Waals surface area contributed by atoms with Gasteiger partial charge in [-0.05, 0) is 24.2 Å². The van der Waals surface area contributed by atoms with Crippen LogP contribution in [0, 0.1) is 17.8 Å². The van der Waals surface area contributed by atoms with E-state index in [1.54, 1.807) is 0 Å². The quantitative estimate of drug-likeness (QED) is 0.478. The lowest BCUT2D eigenvalue weighted by Crippen LogP contribution is -2.00. The summed E-state index contributed by atoms with van der Waals surface area (Å²) in [6.07, 6.45) is 8.49. The zero-order valence-electron chi connectivity index (χ0n) is 11.1. The maximum atomic E-state index is 3.54. The summed E-state index contributed by atoms with van der Waals surface area (Å²) in [6.45, 7) is 9.39. The molecule has 0 spiro atoms. The molecule has 0 aliphatic carbocycles. The first-order valence-corrected chi connectivity index (χ1v) is 7.74. The average molecular weight is 277 g/mol. The molecule has 0 fully saturated rings. The van der Waals surface area contributed by atoms with Crippen LogP contribution in [0.5, 0.6) is 0 Å². The third-order valence-corrected chi connectivity index (χ3v) is 4.24. The van der Waals surface area contributed by atoms with Crippen molar-refractivity contribution in [3.05, 3.63) is 0 Å². The van der Waals surface area contributed by atoms with Gasteiger partial charge in [-0.15, -0.1) is 0 Å². The second-order valence-electron chi connectivity index (χ2n) is 5.62. The van der Waals surface area contributed by atoms with Gasteiger partial charge in [0.15, 0.2) is 0 Å². The highest BCUT2D eigenvalue weighted by Gasteiger charge is 2.05. The normalized spacial score (nSPS) is 15.6. The maximum Gasteiger partial charge on any atom is 0.00570 e. The van der Waals surface area contributed by atoms with Gasteiger partial charge in [0.05, 0.1) is 0 Å². The molecule has 0 radical (unpaired) electrons. The van der Waals surface area contributed by atoms with Gasteiger partial charge in [-0.1, -0.05) is 75.7 Å². The highest BCUT2D eigenvalue weighted by Crippen LogP contribution is 2.19. The van der Waals surface area contributed by atoms with Crippen LogP contribution in [0.3, 0.4) is 0 Å². The molecule has 0 saturated carbocycles. The zero-order valence-corrected chi connectivity index (χ0v) is 12.6. The molecule has 0 rings (SSSR count). The van der Waals surface area contributed by atoms with Crippen molar-refractivity contribution in [3.8, 4) is 0 Å². The molecular formula is C14H29Br. The van der Waals surface area contributed by atoms with E-state index in [-0.39, 0.29) is 0 Å². The van der Waals surface area contributed by atoms with Gasteiger partial charge in [0.1, 0.15) is 0 Å². The largest absolute Gasteiger partial charge is 0.0925 e. The summed E-state index contributed by atoms with van der Waals surface area (Å²) in [7, 11) is 0. The Morgan fingerprint density at radius 1 is 0.733 bits per heavy atom. The lowest BCUT2D eigenvalue weighted by Gasteiger charge is -2.13. The van der Waals surface area contributed by atoms with Gasteiger partial charge < -0.3 is 0 Å². The average Bonchev–Trinajstić information content (AvgIpc) is 2.17. The molecular weight excluding hydrogens is 248 g/mol. The van der Waals surface area contributed by atoms with E-state index in [2.05, 4.69) is 43.6 Å². The first kappa shape index (κ1) is 15.5. The molecule has 0 saturated heterocycles.